The summed E-state index contributed by atoms with van der Waals surface area (Å²) in [6.45, 7) is 7.14. The standard InChI is InChI=1S/C15H21ClN2O3/c1-10(21-12-7-5-6-11(16)8-12)14(20)17-9-13(19)18-15(2,3)4/h5-8,10H,9H2,1-4H3,(H,17,20)(H,18,19). The highest BCUT2D eigenvalue weighted by Crippen LogP contribution is 2.18. The molecule has 116 valence electrons. The van der Waals surface area contributed by atoms with Gasteiger partial charge in [0.15, 0.2) is 6.10 Å². The summed E-state index contributed by atoms with van der Waals surface area (Å²) < 4.78 is 5.46. The van der Waals surface area contributed by atoms with Crippen molar-refractivity contribution in [1.29, 1.82) is 0 Å². The summed E-state index contributed by atoms with van der Waals surface area (Å²) in [6, 6.07) is 6.79. The summed E-state index contributed by atoms with van der Waals surface area (Å²) in [5.74, 6) is -0.103. The summed E-state index contributed by atoms with van der Waals surface area (Å²) in [4.78, 5) is 23.5. The zero-order chi connectivity index (χ0) is 16.0. The molecule has 2 amide bonds. The van der Waals surface area contributed by atoms with Crippen LogP contribution in [-0.2, 0) is 9.59 Å². The molecule has 0 radical (unpaired) electrons. The van der Waals surface area contributed by atoms with Crippen LogP contribution in [0, 0.1) is 0 Å². The molecule has 21 heavy (non-hydrogen) atoms. The third-order valence-corrected chi connectivity index (χ3v) is 2.65. The summed E-state index contributed by atoms with van der Waals surface area (Å²) in [6.07, 6.45) is -0.717. The van der Waals surface area contributed by atoms with Gasteiger partial charge in [-0.1, -0.05) is 17.7 Å². The Hall–Kier alpha value is -1.75. The van der Waals surface area contributed by atoms with E-state index in [0.29, 0.717) is 10.8 Å². The Bertz CT molecular complexity index is 512. The fourth-order valence-electron chi connectivity index (χ4n) is 1.57. The van der Waals surface area contributed by atoms with Gasteiger partial charge in [0.1, 0.15) is 5.75 Å². The van der Waals surface area contributed by atoms with E-state index in [1.54, 1.807) is 31.2 Å². The van der Waals surface area contributed by atoms with Crippen LogP contribution in [0.3, 0.4) is 0 Å². The van der Waals surface area contributed by atoms with Gasteiger partial charge in [-0.2, -0.15) is 0 Å². The molecule has 0 aliphatic carbocycles. The van der Waals surface area contributed by atoms with Crippen molar-refractivity contribution in [3.63, 3.8) is 0 Å². The molecular weight excluding hydrogens is 292 g/mol. The van der Waals surface area contributed by atoms with Crippen molar-refractivity contribution in [3.05, 3.63) is 29.3 Å². The van der Waals surface area contributed by atoms with E-state index in [2.05, 4.69) is 10.6 Å². The number of amides is 2. The lowest BCUT2D eigenvalue weighted by molar-refractivity contribution is -0.130. The number of hydrogen-bond acceptors (Lipinski definition) is 3. The minimum Gasteiger partial charge on any atom is -0.481 e. The fourth-order valence-corrected chi connectivity index (χ4v) is 1.75. The number of ether oxygens (including phenoxy) is 1. The Labute approximate surface area is 130 Å². The van der Waals surface area contributed by atoms with Gasteiger partial charge in [-0.15, -0.1) is 0 Å². The first-order chi connectivity index (χ1) is 9.67. The van der Waals surface area contributed by atoms with E-state index in [0.717, 1.165) is 0 Å². The average Bonchev–Trinajstić information content (AvgIpc) is 2.33. The molecule has 5 nitrogen and oxygen atoms in total. The summed E-state index contributed by atoms with van der Waals surface area (Å²) in [7, 11) is 0. The molecular formula is C15H21ClN2O3. The Morgan fingerprint density at radius 3 is 2.57 bits per heavy atom. The quantitative estimate of drug-likeness (QED) is 0.875. The van der Waals surface area contributed by atoms with Gasteiger partial charge in [0, 0.05) is 10.6 Å². The highest BCUT2D eigenvalue weighted by Gasteiger charge is 2.18. The molecule has 1 unspecified atom stereocenters. The van der Waals surface area contributed by atoms with Crippen molar-refractivity contribution >= 4 is 23.4 Å². The van der Waals surface area contributed by atoms with E-state index < -0.39 is 6.10 Å². The first kappa shape index (κ1) is 17.3. The van der Waals surface area contributed by atoms with Crippen molar-refractivity contribution in [2.75, 3.05) is 6.54 Å². The number of carbonyl (C=O) groups is 2. The van der Waals surface area contributed by atoms with Crippen molar-refractivity contribution in [2.45, 2.75) is 39.3 Å². The molecule has 1 aromatic carbocycles. The number of rotatable bonds is 5. The Morgan fingerprint density at radius 1 is 1.33 bits per heavy atom. The topological polar surface area (TPSA) is 67.4 Å². The van der Waals surface area contributed by atoms with Crippen molar-refractivity contribution in [2.24, 2.45) is 0 Å². The molecule has 2 N–H and O–H groups in total. The first-order valence-electron chi connectivity index (χ1n) is 6.68. The Morgan fingerprint density at radius 2 is 2.00 bits per heavy atom. The van der Waals surface area contributed by atoms with E-state index in [9.17, 15) is 9.59 Å². The van der Waals surface area contributed by atoms with Gasteiger partial charge in [-0.3, -0.25) is 9.59 Å². The van der Waals surface area contributed by atoms with E-state index in [1.807, 2.05) is 20.8 Å². The number of halogens is 1. The summed E-state index contributed by atoms with van der Waals surface area (Å²) in [5, 5.41) is 5.82. The predicted octanol–water partition coefficient (Wildman–Crippen LogP) is 2.14. The molecule has 1 rings (SSSR count). The first-order valence-corrected chi connectivity index (χ1v) is 7.06. The Balaban J connectivity index is 2.43. The molecule has 0 aliphatic rings. The van der Waals surface area contributed by atoms with E-state index >= 15 is 0 Å². The van der Waals surface area contributed by atoms with Crippen molar-refractivity contribution < 1.29 is 14.3 Å². The fraction of sp³-hybridized carbons (Fsp3) is 0.467. The lowest BCUT2D eigenvalue weighted by Gasteiger charge is -2.21. The number of benzene rings is 1. The minimum absolute atomic E-state index is 0.0840. The van der Waals surface area contributed by atoms with Crippen LogP contribution < -0.4 is 15.4 Å². The highest BCUT2D eigenvalue weighted by molar-refractivity contribution is 6.30. The van der Waals surface area contributed by atoms with Gasteiger partial charge in [-0.05, 0) is 45.9 Å². The molecule has 1 atom stereocenters. The zero-order valence-corrected chi connectivity index (χ0v) is 13.5. The average molecular weight is 313 g/mol. The Kier molecular flexibility index (Phi) is 6.03. The lowest BCUT2D eigenvalue weighted by Crippen LogP contribution is -2.47. The molecule has 0 bridgehead atoms. The summed E-state index contributed by atoms with van der Waals surface area (Å²) in [5.41, 5.74) is -0.329. The normalized spacial score (nSPS) is 12.4. The van der Waals surface area contributed by atoms with Gasteiger partial charge in [0.2, 0.25) is 5.91 Å². The second-order valence-electron chi connectivity index (χ2n) is 5.73. The molecule has 0 saturated heterocycles. The smallest absolute Gasteiger partial charge is 0.261 e. The summed E-state index contributed by atoms with van der Waals surface area (Å²) >= 11 is 5.84. The maximum Gasteiger partial charge on any atom is 0.261 e. The van der Waals surface area contributed by atoms with Gasteiger partial charge < -0.3 is 15.4 Å². The molecule has 0 aromatic heterocycles. The largest absolute Gasteiger partial charge is 0.481 e. The van der Waals surface area contributed by atoms with Crippen molar-refractivity contribution in [1.82, 2.24) is 10.6 Å². The van der Waals surface area contributed by atoms with E-state index in [4.69, 9.17) is 16.3 Å². The van der Waals surface area contributed by atoms with Crippen LogP contribution >= 0.6 is 11.6 Å². The van der Waals surface area contributed by atoms with Crippen LogP contribution in [0.2, 0.25) is 5.02 Å². The van der Waals surface area contributed by atoms with Crippen LogP contribution in [0.1, 0.15) is 27.7 Å². The monoisotopic (exact) mass is 312 g/mol. The predicted molar refractivity (Wildman–Crippen MR) is 82.4 cm³/mol. The third-order valence-electron chi connectivity index (χ3n) is 2.42. The van der Waals surface area contributed by atoms with E-state index in [-0.39, 0.29) is 23.9 Å². The van der Waals surface area contributed by atoms with Gasteiger partial charge in [-0.25, -0.2) is 0 Å². The van der Waals surface area contributed by atoms with Gasteiger partial charge in [0.25, 0.3) is 5.91 Å². The zero-order valence-electron chi connectivity index (χ0n) is 12.7. The van der Waals surface area contributed by atoms with Gasteiger partial charge in [0.05, 0.1) is 6.54 Å². The number of nitrogens with one attached hydrogen (secondary N) is 2. The second-order valence-corrected chi connectivity index (χ2v) is 6.17. The molecule has 0 heterocycles. The maximum atomic E-state index is 11.9. The molecule has 6 heteroatoms. The molecule has 0 aliphatic heterocycles. The molecule has 1 aromatic rings. The van der Waals surface area contributed by atoms with Crippen LogP contribution in [0.5, 0.6) is 5.75 Å². The SMILES string of the molecule is CC(Oc1cccc(Cl)c1)C(=O)NCC(=O)NC(C)(C)C. The number of carbonyl (C=O) groups excluding carboxylic acids is 2. The second kappa shape index (κ2) is 7.31. The molecule has 0 spiro atoms. The third kappa shape index (κ3) is 6.99. The molecule has 0 fully saturated rings. The van der Waals surface area contributed by atoms with Gasteiger partial charge >= 0.3 is 0 Å². The highest BCUT2D eigenvalue weighted by atomic mass is 35.5. The van der Waals surface area contributed by atoms with Crippen LogP contribution in [0.25, 0.3) is 0 Å². The molecule has 0 saturated carbocycles. The van der Waals surface area contributed by atoms with Crippen molar-refractivity contribution in [3.8, 4) is 5.75 Å². The van der Waals surface area contributed by atoms with Crippen LogP contribution in [0.15, 0.2) is 24.3 Å². The van der Waals surface area contributed by atoms with Crippen LogP contribution in [-0.4, -0.2) is 30.0 Å². The number of hydrogen-bond donors (Lipinski definition) is 2. The minimum atomic E-state index is -0.717. The van der Waals surface area contributed by atoms with Crippen LogP contribution in [0.4, 0.5) is 0 Å². The van der Waals surface area contributed by atoms with E-state index in [1.165, 1.54) is 0 Å². The maximum absolute atomic E-state index is 11.9. The lowest BCUT2D eigenvalue weighted by atomic mass is 10.1.